The van der Waals surface area contributed by atoms with Crippen molar-refractivity contribution < 1.29 is 38.1 Å². The molecule has 6 aliphatic carbocycles. The lowest BCUT2D eigenvalue weighted by molar-refractivity contribution is -0.227. The van der Waals surface area contributed by atoms with E-state index in [1.54, 1.807) is 39.0 Å². The summed E-state index contributed by atoms with van der Waals surface area (Å²) in [6.07, 6.45) is 33.4. The van der Waals surface area contributed by atoms with Crippen LogP contribution in [-0.4, -0.2) is 52.6 Å². The van der Waals surface area contributed by atoms with Crippen molar-refractivity contribution in [2.75, 3.05) is 6.61 Å². The maximum Gasteiger partial charge on any atom is 0.332 e. The van der Waals surface area contributed by atoms with Gasteiger partial charge in [0.15, 0.2) is 23.7 Å². The summed E-state index contributed by atoms with van der Waals surface area (Å²) in [5.74, 6) is -4.15. The van der Waals surface area contributed by atoms with Crippen LogP contribution in [0, 0.1) is 39.4 Å². The van der Waals surface area contributed by atoms with Gasteiger partial charge >= 0.3 is 11.9 Å². The summed E-state index contributed by atoms with van der Waals surface area (Å²) in [5, 5.41) is 12.1. The molecular weight excluding hydrogens is 876 g/mol. The number of hydrogen-bond acceptors (Lipinski definition) is 7. The van der Waals surface area contributed by atoms with E-state index < -0.39 is 70.3 Å². The first-order chi connectivity index (χ1) is 32.7. The van der Waals surface area contributed by atoms with Gasteiger partial charge < -0.3 is 14.6 Å². The van der Waals surface area contributed by atoms with Crippen LogP contribution in [0.5, 0.6) is 0 Å². The second kappa shape index (κ2) is 21.0. The highest BCUT2D eigenvalue weighted by Crippen LogP contribution is 2.71. The Balaban J connectivity index is 1.23. The predicted octanol–water partition coefficient (Wildman–Crippen LogP) is 14.1. The van der Waals surface area contributed by atoms with Gasteiger partial charge in [0.25, 0.3) is 0 Å². The van der Waals surface area contributed by atoms with Crippen molar-refractivity contribution in [3.63, 3.8) is 0 Å². The van der Waals surface area contributed by atoms with Crippen molar-refractivity contribution in [3.05, 3.63) is 141 Å². The summed E-state index contributed by atoms with van der Waals surface area (Å²) in [7, 11) is 0. The van der Waals surface area contributed by atoms with E-state index in [1.807, 2.05) is 52.0 Å². The number of allylic oxidation sites excluding steroid dienone is 22. The monoisotopic (exact) mass is 957 g/mol. The summed E-state index contributed by atoms with van der Waals surface area (Å²) < 4.78 is 30.3. The third-order valence-electron chi connectivity index (χ3n) is 17.4. The molecule has 6 aliphatic rings. The van der Waals surface area contributed by atoms with Crippen molar-refractivity contribution >= 4 is 23.5 Å². The standard InChI is InChI=1S/C62H81FO7/c1-40(24-27-49-44(5)22-16-31-57(49,8)9)18-14-20-42(3)34-55(67)69-39-54(66)62(70-56(68)35-43(4)21-15-19-41(2)25-28-50-45(6)23-17-32-58(50,10)11)46(7)36-52-51-29-26-47-37-48(64)30-33-59(47,12)61(51,63)53(65)38-60(52,62)13/h14-15,18-21,24-25,27-28,30,33-35,37,46,51-53,65H,16-17,22-23,26,29,31-32,36,38-39H2,1-13H3. The van der Waals surface area contributed by atoms with Gasteiger partial charge in [-0.1, -0.05) is 136 Å². The molecule has 0 radical (unpaired) electrons. The van der Waals surface area contributed by atoms with Crippen molar-refractivity contribution in [2.45, 2.75) is 172 Å². The zero-order chi connectivity index (χ0) is 51.6. The Morgan fingerprint density at radius 1 is 0.757 bits per heavy atom. The molecule has 3 fully saturated rings. The number of hydrogen-bond donors (Lipinski definition) is 1. The number of alkyl halides is 1. The van der Waals surface area contributed by atoms with Crippen LogP contribution in [0.3, 0.4) is 0 Å². The molecule has 0 saturated heterocycles. The van der Waals surface area contributed by atoms with Crippen LogP contribution in [0.15, 0.2) is 141 Å². The van der Waals surface area contributed by atoms with Crippen LogP contribution in [0.4, 0.5) is 4.39 Å². The highest BCUT2D eigenvalue weighted by Gasteiger charge is 2.77. The molecule has 3 saturated carbocycles. The normalized spacial score (nSPS) is 33.8. The van der Waals surface area contributed by atoms with Gasteiger partial charge in [0.2, 0.25) is 5.78 Å². The van der Waals surface area contributed by atoms with Crippen LogP contribution in [0.2, 0.25) is 0 Å². The van der Waals surface area contributed by atoms with E-state index >= 15 is 4.39 Å². The van der Waals surface area contributed by atoms with E-state index in [2.05, 4.69) is 65.8 Å². The van der Waals surface area contributed by atoms with Crippen molar-refractivity contribution in [1.82, 2.24) is 0 Å². The number of fused-ring (bicyclic) bond motifs is 5. The second-order valence-corrected chi connectivity index (χ2v) is 23.4. The Morgan fingerprint density at radius 3 is 1.81 bits per heavy atom. The minimum absolute atomic E-state index is 0.129. The minimum atomic E-state index is -2.15. The van der Waals surface area contributed by atoms with E-state index in [1.165, 1.54) is 59.4 Å². The fourth-order valence-electron chi connectivity index (χ4n) is 13.6. The summed E-state index contributed by atoms with van der Waals surface area (Å²) in [6.45, 7) is 25.9. The predicted molar refractivity (Wildman–Crippen MR) is 280 cm³/mol. The lowest BCUT2D eigenvalue weighted by Crippen LogP contribution is -2.70. The molecule has 0 aliphatic heterocycles. The van der Waals surface area contributed by atoms with Gasteiger partial charge in [0, 0.05) is 34.8 Å². The largest absolute Gasteiger partial charge is 0.454 e. The number of Topliss-reactive ketones (excluding diaryl/α,β-unsaturated/α-hetero) is 1. The van der Waals surface area contributed by atoms with E-state index in [0.717, 1.165) is 36.8 Å². The number of esters is 2. The first kappa shape index (κ1) is 54.4. The molecule has 0 heterocycles. The molecule has 0 aromatic carbocycles. The van der Waals surface area contributed by atoms with Crippen molar-refractivity contribution in [1.29, 1.82) is 0 Å². The van der Waals surface area contributed by atoms with Gasteiger partial charge in [-0.2, -0.15) is 0 Å². The van der Waals surface area contributed by atoms with Crippen molar-refractivity contribution in [3.8, 4) is 0 Å². The topological polar surface area (TPSA) is 107 Å². The van der Waals surface area contributed by atoms with Crippen LogP contribution in [0.1, 0.15) is 154 Å². The number of carbonyl (C=O) groups excluding carboxylic acids is 4. The number of ketones is 2. The number of ether oxygens (including phenoxy) is 2. The van der Waals surface area contributed by atoms with Gasteiger partial charge in [-0.15, -0.1) is 0 Å². The van der Waals surface area contributed by atoms with E-state index in [4.69, 9.17) is 9.47 Å². The van der Waals surface area contributed by atoms with Crippen LogP contribution >= 0.6 is 0 Å². The quantitative estimate of drug-likeness (QED) is 0.105. The molecule has 378 valence electrons. The molecule has 0 bridgehead atoms. The molecule has 0 aromatic heterocycles. The number of carbonyl (C=O) groups is 4. The highest BCUT2D eigenvalue weighted by atomic mass is 19.1. The van der Waals surface area contributed by atoms with Crippen LogP contribution in [0.25, 0.3) is 0 Å². The van der Waals surface area contributed by atoms with Gasteiger partial charge in [-0.05, 0) is 164 Å². The lowest BCUT2D eigenvalue weighted by Gasteiger charge is -2.62. The summed E-state index contributed by atoms with van der Waals surface area (Å²) in [4.78, 5) is 55.0. The van der Waals surface area contributed by atoms with Crippen LogP contribution < -0.4 is 0 Å². The van der Waals surface area contributed by atoms with Gasteiger partial charge in [0.1, 0.15) is 0 Å². The number of halogens is 1. The van der Waals surface area contributed by atoms with Crippen molar-refractivity contribution in [2.24, 2.45) is 39.4 Å². The van der Waals surface area contributed by atoms with Crippen LogP contribution in [-0.2, 0) is 28.7 Å². The Hall–Kier alpha value is -4.95. The molecule has 70 heavy (non-hydrogen) atoms. The molecular formula is C62H81FO7. The first-order valence-electron chi connectivity index (χ1n) is 25.8. The van der Waals surface area contributed by atoms with E-state index in [9.17, 15) is 24.3 Å². The van der Waals surface area contributed by atoms with E-state index in [0.29, 0.717) is 36.0 Å². The molecule has 7 nitrogen and oxygen atoms in total. The number of aliphatic hydroxyl groups is 1. The zero-order valence-electron chi connectivity index (χ0n) is 44.5. The average molecular weight is 957 g/mol. The van der Waals surface area contributed by atoms with Gasteiger partial charge in [-0.3, -0.25) is 9.59 Å². The number of rotatable bonds is 14. The van der Waals surface area contributed by atoms with E-state index in [-0.39, 0.29) is 23.0 Å². The fraction of sp³-hybridized carbons (Fsp3) is 0.548. The fourth-order valence-corrected chi connectivity index (χ4v) is 13.6. The van der Waals surface area contributed by atoms with Gasteiger partial charge in [-0.25, -0.2) is 14.0 Å². The Bertz CT molecular complexity index is 2500. The summed E-state index contributed by atoms with van der Waals surface area (Å²) in [6, 6.07) is 0. The lowest BCUT2D eigenvalue weighted by atomic mass is 9.44. The van der Waals surface area contributed by atoms with Gasteiger partial charge in [0.05, 0.1) is 6.10 Å². The molecule has 6 rings (SSSR count). The smallest absolute Gasteiger partial charge is 0.332 e. The maximum atomic E-state index is 18.2. The third kappa shape index (κ3) is 10.6. The molecule has 8 heteroatoms. The summed E-state index contributed by atoms with van der Waals surface area (Å²) in [5.41, 5.74) is 3.34. The Kier molecular flexibility index (Phi) is 16.3. The molecule has 0 aromatic rings. The molecule has 8 atom stereocenters. The molecule has 0 spiro atoms. The third-order valence-corrected chi connectivity index (χ3v) is 17.4. The highest BCUT2D eigenvalue weighted by molar-refractivity contribution is 6.01. The molecule has 0 amide bonds. The first-order valence-corrected chi connectivity index (χ1v) is 25.8. The average Bonchev–Trinajstić information content (AvgIpc) is 3.47. The number of aliphatic hydroxyl groups excluding tert-OH is 1. The molecule has 8 unspecified atom stereocenters. The summed E-state index contributed by atoms with van der Waals surface area (Å²) >= 11 is 0. The zero-order valence-corrected chi connectivity index (χ0v) is 44.5. The minimum Gasteiger partial charge on any atom is -0.454 e. The Labute approximate surface area is 419 Å². The molecule has 1 N–H and O–H groups in total. The Morgan fingerprint density at radius 2 is 1.29 bits per heavy atom. The SMILES string of the molecule is CC(C=CC1=C(C)CCCC1(C)C)=CC=CC(C)=CC(=O)OCC(=O)C1(OC(=O)C=C(C)C=CC=C(C)C=CC2=C(C)CCCC2(C)C)C(C)CC2C3CCC4=CC(=O)C=CC4(C)C3(F)C(O)CC21C. The maximum absolute atomic E-state index is 18.2. The second-order valence-electron chi connectivity index (χ2n) is 23.4.